The lowest BCUT2D eigenvalue weighted by Crippen LogP contribution is -1.93. The van der Waals surface area contributed by atoms with Gasteiger partial charge in [0, 0.05) is 16.5 Å². The van der Waals surface area contributed by atoms with Crippen molar-refractivity contribution in [2.45, 2.75) is 0 Å². The zero-order chi connectivity index (χ0) is 17.9. The Morgan fingerprint density at radius 1 is 0.692 bits per heavy atom. The molecule has 0 unspecified atom stereocenters. The van der Waals surface area contributed by atoms with Gasteiger partial charge in [-0.3, -0.25) is 0 Å². The van der Waals surface area contributed by atoms with Gasteiger partial charge in [-0.1, -0.05) is 48.5 Å². The third-order valence-corrected chi connectivity index (χ3v) is 4.33. The van der Waals surface area contributed by atoms with Crippen LogP contribution in [-0.2, 0) is 0 Å². The van der Waals surface area contributed by atoms with Crippen molar-refractivity contribution in [1.29, 1.82) is 0 Å². The minimum Gasteiger partial charge on any atom is -0.508 e. The normalized spacial score (nSPS) is 10.7. The van der Waals surface area contributed by atoms with Crippen LogP contribution < -0.4 is 9.47 Å². The van der Waals surface area contributed by atoms with E-state index in [9.17, 15) is 5.11 Å². The van der Waals surface area contributed by atoms with Crippen molar-refractivity contribution in [2.75, 3.05) is 7.11 Å². The molecule has 0 saturated heterocycles. The lowest BCUT2D eigenvalue weighted by molar-refractivity contribution is 0.416. The Balaban J connectivity index is 1.94. The van der Waals surface area contributed by atoms with Crippen LogP contribution >= 0.6 is 0 Å². The van der Waals surface area contributed by atoms with Crippen molar-refractivity contribution >= 4 is 10.8 Å². The van der Waals surface area contributed by atoms with Crippen molar-refractivity contribution in [2.24, 2.45) is 0 Å². The first-order chi connectivity index (χ1) is 12.8. The minimum absolute atomic E-state index is 0.209. The second kappa shape index (κ2) is 6.81. The van der Waals surface area contributed by atoms with Crippen molar-refractivity contribution in [1.82, 2.24) is 0 Å². The summed E-state index contributed by atoms with van der Waals surface area (Å²) in [4.78, 5) is 0. The molecule has 0 atom stereocenters. The van der Waals surface area contributed by atoms with E-state index in [2.05, 4.69) is 18.2 Å². The van der Waals surface area contributed by atoms with E-state index in [4.69, 9.17) is 9.47 Å². The standard InChI is InChI=1S/C23H18O3/c1-25-22-9-5-4-8-20(22)21-15-10-16-6-2-3-7-19(16)23(21)26-18-13-11-17(24)12-14-18/h2-15,24H,1H3. The van der Waals surface area contributed by atoms with Crippen LogP contribution in [0.25, 0.3) is 21.9 Å². The summed E-state index contributed by atoms with van der Waals surface area (Å²) >= 11 is 0. The number of hydrogen-bond donors (Lipinski definition) is 1. The second-order valence-electron chi connectivity index (χ2n) is 5.96. The highest BCUT2D eigenvalue weighted by Crippen LogP contribution is 2.42. The molecule has 128 valence electrons. The molecular weight excluding hydrogens is 324 g/mol. The van der Waals surface area contributed by atoms with E-state index in [1.165, 1.54) is 0 Å². The molecule has 3 heteroatoms. The molecule has 0 aromatic heterocycles. The molecule has 4 rings (SSSR count). The highest BCUT2D eigenvalue weighted by atomic mass is 16.5. The Bertz CT molecular complexity index is 1050. The van der Waals surface area contributed by atoms with Gasteiger partial charge in [-0.25, -0.2) is 0 Å². The first kappa shape index (κ1) is 16.0. The molecule has 0 aliphatic rings. The average molecular weight is 342 g/mol. The third-order valence-electron chi connectivity index (χ3n) is 4.33. The Kier molecular flexibility index (Phi) is 4.20. The Labute approximate surface area is 152 Å². The maximum absolute atomic E-state index is 9.52. The third kappa shape index (κ3) is 2.95. The number of ether oxygens (including phenoxy) is 2. The Hall–Kier alpha value is -3.46. The summed E-state index contributed by atoms with van der Waals surface area (Å²) in [5.74, 6) is 2.42. The fourth-order valence-corrected chi connectivity index (χ4v) is 3.06. The van der Waals surface area contributed by atoms with E-state index in [1.807, 2.05) is 42.5 Å². The maximum atomic E-state index is 9.52. The van der Waals surface area contributed by atoms with Gasteiger partial charge >= 0.3 is 0 Å². The van der Waals surface area contributed by atoms with Gasteiger partial charge in [-0.05, 0) is 41.8 Å². The summed E-state index contributed by atoms with van der Waals surface area (Å²) in [6.07, 6.45) is 0. The summed E-state index contributed by atoms with van der Waals surface area (Å²) < 4.78 is 11.8. The number of para-hydroxylation sites is 1. The minimum atomic E-state index is 0.209. The van der Waals surface area contributed by atoms with Crippen LogP contribution in [0.2, 0.25) is 0 Å². The number of methoxy groups -OCH3 is 1. The molecule has 4 aromatic carbocycles. The average Bonchev–Trinajstić information content (AvgIpc) is 2.70. The topological polar surface area (TPSA) is 38.7 Å². The van der Waals surface area contributed by atoms with Crippen molar-refractivity contribution in [3.05, 3.63) is 84.9 Å². The summed E-state index contributed by atoms with van der Waals surface area (Å²) in [6, 6.07) is 26.9. The van der Waals surface area contributed by atoms with Gasteiger partial charge in [0.05, 0.1) is 7.11 Å². The predicted octanol–water partition coefficient (Wildman–Crippen LogP) is 6.01. The fourth-order valence-electron chi connectivity index (χ4n) is 3.06. The zero-order valence-corrected chi connectivity index (χ0v) is 14.3. The molecule has 3 nitrogen and oxygen atoms in total. The number of benzene rings is 4. The van der Waals surface area contributed by atoms with Crippen LogP contribution in [0, 0.1) is 0 Å². The summed E-state index contributed by atoms with van der Waals surface area (Å²) in [5, 5.41) is 11.6. The smallest absolute Gasteiger partial charge is 0.143 e. The van der Waals surface area contributed by atoms with E-state index in [0.717, 1.165) is 33.4 Å². The van der Waals surface area contributed by atoms with E-state index in [0.29, 0.717) is 5.75 Å². The van der Waals surface area contributed by atoms with E-state index < -0.39 is 0 Å². The maximum Gasteiger partial charge on any atom is 0.143 e. The van der Waals surface area contributed by atoms with Crippen LogP contribution in [0.1, 0.15) is 0 Å². The lowest BCUT2D eigenvalue weighted by atomic mass is 9.99. The number of phenolic OH excluding ortho intramolecular Hbond substituents is 1. The highest BCUT2D eigenvalue weighted by molar-refractivity contribution is 5.96. The van der Waals surface area contributed by atoms with Gasteiger partial charge in [0.15, 0.2) is 0 Å². The largest absolute Gasteiger partial charge is 0.508 e. The molecular formula is C23H18O3. The van der Waals surface area contributed by atoms with E-state index >= 15 is 0 Å². The number of rotatable bonds is 4. The van der Waals surface area contributed by atoms with Crippen molar-refractivity contribution in [3.8, 4) is 34.1 Å². The molecule has 0 heterocycles. The van der Waals surface area contributed by atoms with Crippen molar-refractivity contribution < 1.29 is 14.6 Å². The number of fused-ring (bicyclic) bond motifs is 1. The fraction of sp³-hybridized carbons (Fsp3) is 0.0435. The van der Waals surface area contributed by atoms with E-state index in [-0.39, 0.29) is 5.75 Å². The van der Waals surface area contributed by atoms with Crippen LogP contribution in [0.3, 0.4) is 0 Å². The molecule has 4 aromatic rings. The first-order valence-electron chi connectivity index (χ1n) is 8.38. The van der Waals surface area contributed by atoms with Crippen LogP contribution in [0.4, 0.5) is 0 Å². The summed E-state index contributed by atoms with van der Waals surface area (Å²) in [6.45, 7) is 0. The molecule has 0 spiro atoms. The highest BCUT2D eigenvalue weighted by Gasteiger charge is 2.15. The van der Waals surface area contributed by atoms with Crippen LogP contribution in [-0.4, -0.2) is 12.2 Å². The Morgan fingerprint density at radius 2 is 1.42 bits per heavy atom. The molecule has 1 N–H and O–H groups in total. The summed E-state index contributed by atoms with van der Waals surface area (Å²) in [7, 11) is 1.67. The molecule has 0 fully saturated rings. The molecule has 0 aliphatic heterocycles. The van der Waals surface area contributed by atoms with Gasteiger partial charge in [0.1, 0.15) is 23.0 Å². The van der Waals surface area contributed by atoms with Gasteiger partial charge < -0.3 is 14.6 Å². The monoisotopic (exact) mass is 342 g/mol. The molecule has 0 bridgehead atoms. The van der Waals surface area contributed by atoms with Gasteiger partial charge in [0.25, 0.3) is 0 Å². The first-order valence-corrected chi connectivity index (χ1v) is 8.38. The molecule has 26 heavy (non-hydrogen) atoms. The van der Waals surface area contributed by atoms with Gasteiger partial charge in [0.2, 0.25) is 0 Å². The summed E-state index contributed by atoms with van der Waals surface area (Å²) in [5.41, 5.74) is 1.92. The van der Waals surface area contributed by atoms with Crippen molar-refractivity contribution in [3.63, 3.8) is 0 Å². The SMILES string of the molecule is COc1ccccc1-c1ccc2ccccc2c1Oc1ccc(O)cc1. The number of hydrogen-bond acceptors (Lipinski definition) is 3. The zero-order valence-electron chi connectivity index (χ0n) is 14.3. The molecule has 0 saturated carbocycles. The quantitative estimate of drug-likeness (QED) is 0.493. The second-order valence-corrected chi connectivity index (χ2v) is 5.96. The van der Waals surface area contributed by atoms with Gasteiger partial charge in [-0.15, -0.1) is 0 Å². The number of aromatic hydroxyl groups is 1. The lowest BCUT2D eigenvalue weighted by Gasteiger charge is -2.16. The number of phenols is 1. The van der Waals surface area contributed by atoms with E-state index in [1.54, 1.807) is 31.4 Å². The van der Waals surface area contributed by atoms with Crippen LogP contribution in [0.15, 0.2) is 84.9 Å². The molecule has 0 radical (unpaired) electrons. The predicted molar refractivity (Wildman–Crippen MR) is 104 cm³/mol. The molecule has 0 aliphatic carbocycles. The molecule has 0 amide bonds. The van der Waals surface area contributed by atoms with Gasteiger partial charge in [-0.2, -0.15) is 0 Å². The van der Waals surface area contributed by atoms with Crippen LogP contribution in [0.5, 0.6) is 23.0 Å². The Morgan fingerprint density at radius 3 is 2.23 bits per heavy atom.